The van der Waals surface area contributed by atoms with Crippen LogP contribution in [0.5, 0.6) is 11.5 Å². The third kappa shape index (κ3) is 3.54. The van der Waals surface area contributed by atoms with E-state index in [0.717, 1.165) is 17.0 Å². The van der Waals surface area contributed by atoms with Crippen LogP contribution < -0.4 is 10.1 Å². The Morgan fingerprint density at radius 2 is 1.79 bits per heavy atom. The first-order chi connectivity index (χ1) is 14.1. The van der Waals surface area contributed by atoms with Gasteiger partial charge in [-0.15, -0.1) is 0 Å². The number of para-hydroxylation sites is 1. The monoisotopic (exact) mass is 382 g/mol. The number of nitrogens with zero attached hydrogens (tertiary/aromatic N) is 3. The van der Waals surface area contributed by atoms with Crippen molar-refractivity contribution < 1.29 is 9.53 Å². The number of hydrogen-bond donors (Lipinski definition) is 1. The smallest absolute Gasteiger partial charge is 0.161 e. The van der Waals surface area contributed by atoms with E-state index in [1.54, 1.807) is 10.7 Å². The summed E-state index contributed by atoms with van der Waals surface area (Å²) in [5.41, 5.74) is 3.89. The number of anilines is 2. The highest BCUT2D eigenvalue weighted by molar-refractivity contribution is 6.00. The minimum Gasteiger partial charge on any atom is -0.457 e. The fourth-order valence-electron chi connectivity index (χ4n) is 3.23. The van der Waals surface area contributed by atoms with Gasteiger partial charge in [-0.25, -0.2) is 4.52 Å². The molecule has 4 aromatic rings. The quantitative estimate of drug-likeness (QED) is 0.477. The second-order valence-corrected chi connectivity index (χ2v) is 6.63. The fraction of sp³-hybridized carbons (Fsp3) is 0.0870. The molecule has 0 spiro atoms. The number of nitriles is 1. The van der Waals surface area contributed by atoms with Crippen LogP contribution in [0.4, 0.5) is 11.4 Å². The molecule has 0 amide bonds. The van der Waals surface area contributed by atoms with Crippen LogP contribution in [0.3, 0.4) is 0 Å². The van der Waals surface area contributed by atoms with Gasteiger partial charge in [0.2, 0.25) is 0 Å². The average molecular weight is 382 g/mol. The van der Waals surface area contributed by atoms with Gasteiger partial charge in [-0.2, -0.15) is 10.4 Å². The average Bonchev–Trinajstić information content (AvgIpc) is 3.08. The van der Waals surface area contributed by atoms with Gasteiger partial charge < -0.3 is 10.1 Å². The molecule has 0 radical (unpaired) electrons. The number of carbonyl (C=O) groups excluding carboxylic acids is 1. The van der Waals surface area contributed by atoms with Gasteiger partial charge in [-0.3, -0.25) is 4.79 Å². The molecular weight excluding hydrogens is 364 g/mol. The summed E-state index contributed by atoms with van der Waals surface area (Å²) in [6.07, 6.45) is 3.18. The van der Waals surface area contributed by atoms with Crippen LogP contribution in [0.2, 0.25) is 0 Å². The van der Waals surface area contributed by atoms with Crippen LogP contribution >= 0.6 is 0 Å². The van der Waals surface area contributed by atoms with Crippen LogP contribution in [-0.4, -0.2) is 15.4 Å². The van der Waals surface area contributed by atoms with E-state index in [2.05, 4.69) is 16.5 Å². The standard InChI is InChI=1S/C23H18N4O2/c1-15-21(16(2)28)14-27-23(15)22(17(12-24)13-25-27)26-18-8-10-20(11-9-18)29-19-6-4-3-5-7-19/h3-11,13-14,26H,1-2H3. The lowest BCUT2D eigenvalue weighted by atomic mass is 10.1. The highest BCUT2D eigenvalue weighted by Crippen LogP contribution is 2.31. The summed E-state index contributed by atoms with van der Waals surface area (Å²) in [4.78, 5) is 11.9. The number of nitrogens with one attached hydrogen (secondary N) is 1. The van der Waals surface area contributed by atoms with Crippen molar-refractivity contribution in [1.29, 1.82) is 5.26 Å². The maximum Gasteiger partial charge on any atom is 0.161 e. The minimum atomic E-state index is -0.0418. The first-order valence-corrected chi connectivity index (χ1v) is 9.09. The Morgan fingerprint density at radius 3 is 2.45 bits per heavy atom. The third-order valence-electron chi connectivity index (χ3n) is 4.66. The molecule has 0 bridgehead atoms. The van der Waals surface area contributed by atoms with E-state index in [1.165, 1.54) is 13.1 Å². The van der Waals surface area contributed by atoms with E-state index in [-0.39, 0.29) is 5.78 Å². The predicted octanol–water partition coefficient (Wildman–Crippen LogP) is 5.25. The number of benzene rings is 2. The topological polar surface area (TPSA) is 79.4 Å². The van der Waals surface area contributed by atoms with Crippen LogP contribution in [0.25, 0.3) is 5.52 Å². The highest BCUT2D eigenvalue weighted by atomic mass is 16.5. The Hall–Kier alpha value is -4.11. The Morgan fingerprint density at radius 1 is 1.10 bits per heavy atom. The Bertz CT molecular complexity index is 1240. The predicted molar refractivity (Wildman–Crippen MR) is 111 cm³/mol. The SMILES string of the molecule is CC(=O)c1cn2ncc(C#N)c(Nc3ccc(Oc4ccccc4)cc3)c2c1C. The van der Waals surface area contributed by atoms with E-state index in [4.69, 9.17) is 4.74 Å². The van der Waals surface area contributed by atoms with Gasteiger partial charge in [-0.05, 0) is 55.8 Å². The summed E-state index contributed by atoms with van der Waals surface area (Å²) < 4.78 is 7.44. The molecule has 0 fully saturated rings. The minimum absolute atomic E-state index is 0.0418. The fourth-order valence-corrected chi connectivity index (χ4v) is 3.23. The van der Waals surface area contributed by atoms with Crippen LogP contribution in [0.1, 0.15) is 28.4 Å². The molecule has 2 aromatic heterocycles. The Balaban J connectivity index is 1.68. The number of ketones is 1. The second kappa shape index (κ2) is 7.49. The molecule has 4 rings (SSSR count). The van der Waals surface area contributed by atoms with Gasteiger partial charge in [0.05, 0.1) is 23.0 Å². The lowest BCUT2D eigenvalue weighted by Crippen LogP contribution is -2.00. The molecule has 6 heteroatoms. The van der Waals surface area contributed by atoms with E-state index >= 15 is 0 Å². The molecule has 2 heterocycles. The number of aryl methyl sites for hydroxylation is 1. The number of aromatic nitrogens is 2. The largest absolute Gasteiger partial charge is 0.457 e. The van der Waals surface area contributed by atoms with Crippen molar-refractivity contribution in [2.45, 2.75) is 13.8 Å². The molecule has 6 nitrogen and oxygen atoms in total. The Labute approximate surface area is 168 Å². The molecule has 142 valence electrons. The molecule has 2 aromatic carbocycles. The van der Waals surface area contributed by atoms with Crippen molar-refractivity contribution in [2.75, 3.05) is 5.32 Å². The maximum absolute atomic E-state index is 11.9. The van der Waals surface area contributed by atoms with E-state index in [9.17, 15) is 10.1 Å². The van der Waals surface area contributed by atoms with Gasteiger partial charge in [0.25, 0.3) is 0 Å². The maximum atomic E-state index is 11.9. The zero-order chi connectivity index (χ0) is 20.4. The van der Waals surface area contributed by atoms with Crippen molar-refractivity contribution in [2.24, 2.45) is 0 Å². The van der Waals surface area contributed by atoms with E-state index in [1.807, 2.05) is 61.5 Å². The molecule has 29 heavy (non-hydrogen) atoms. The normalized spacial score (nSPS) is 10.5. The summed E-state index contributed by atoms with van der Waals surface area (Å²) in [7, 11) is 0. The summed E-state index contributed by atoms with van der Waals surface area (Å²) in [6.45, 7) is 3.38. The van der Waals surface area contributed by atoms with Crippen molar-refractivity contribution in [3.63, 3.8) is 0 Å². The molecular formula is C23H18N4O2. The summed E-state index contributed by atoms with van der Waals surface area (Å²) >= 11 is 0. The lowest BCUT2D eigenvalue weighted by molar-refractivity contribution is 0.101. The number of Topliss-reactive ketones (excluding diaryl/α,β-unsaturated/α-hetero) is 1. The van der Waals surface area contributed by atoms with Crippen LogP contribution in [0.15, 0.2) is 67.0 Å². The van der Waals surface area contributed by atoms with Gasteiger partial charge in [0, 0.05) is 17.4 Å². The zero-order valence-electron chi connectivity index (χ0n) is 16.0. The summed E-state index contributed by atoms with van der Waals surface area (Å²) in [6, 6.07) is 19.2. The molecule has 0 aliphatic heterocycles. The number of ether oxygens (including phenoxy) is 1. The first-order valence-electron chi connectivity index (χ1n) is 9.09. The van der Waals surface area contributed by atoms with Gasteiger partial charge >= 0.3 is 0 Å². The van der Waals surface area contributed by atoms with Crippen molar-refractivity contribution in [3.05, 3.63) is 83.7 Å². The van der Waals surface area contributed by atoms with E-state index in [0.29, 0.717) is 28.1 Å². The first kappa shape index (κ1) is 18.3. The van der Waals surface area contributed by atoms with Crippen molar-refractivity contribution >= 4 is 22.7 Å². The number of rotatable bonds is 5. The molecule has 1 N–H and O–H groups in total. The number of carbonyl (C=O) groups is 1. The molecule has 0 unspecified atom stereocenters. The number of hydrogen-bond acceptors (Lipinski definition) is 5. The lowest BCUT2D eigenvalue weighted by Gasteiger charge is -2.12. The molecule has 0 aliphatic rings. The van der Waals surface area contributed by atoms with Crippen molar-refractivity contribution in [1.82, 2.24) is 9.61 Å². The van der Waals surface area contributed by atoms with Gasteiger partial charge in [-0.1, -0.05) is 18.2 Å². The summed E-state index contributed by atoms with van der Waals surface area (Å²) in [5.74, 6) is 1.43. The molecule has 0 aliphatic carbocycles. The second-order valence-electron chi connectivity index (χ2n) is 6.63. The van der Waals surface area contributed by atoms with Gasteiger partial charge in [0.1, 0.15) is 17.6 Å². The highest BCUT2D eigenvalue weighted by Gasteiger charge is 2.17. The zero-order valence-corrected chi connectivity index (χ0v) is 16.0. The van der Waals surface area contributed by atoms with Crippen LogP contribution in [0, 0.1) is 18.3 Å². The third-order valence-corrected chi connectivity index (χ3v) is 4.66. The van der Waals surface area contributed by atoms with Crippen molar-refractivity contribution in [3.8, 4) is 17.6 Å². The van der Waals surface area contributed by atoms with E-state index < -0.39 is 0 Å². The Kier molecular flexibility index (Phi) is 4.71. The molecule has 0 atom stereocenters. The number of fused-ring (bicyclic) bond motifs is 1. The molecule has 0 saturated heterocycles. The summed E-state index contributed by atoms with van der Waals surface area (Å²) in [5, 5.41) is 17.1. The van der Waals surface area contributed by atoms with Crippen LogP contribution in [-0.2, 0) is 0 Å². The molecule has 0 saturated carbocycles. The van der Waals surface area contributed by atoms with Gasteiger partial charge in [0.15, 0.2) is 5.78 Å².